The molecule has 0 aliphatic carbocycles. The van der Waals surface area contributed by atoms with Gasteiger partial charge in [0.15, 0.2) is 11.5 Å². The molecule has 0 radical (unpaired) electrons. The summed E-state index contributed by atoms with van der Waals surface area (Å²) in [6.07, 6.45) is 1.03. The molecule has 2 heterocycles. The Labute approximate surface area is 181 Å². The van der Waals surface area contributed by atoms with E-state index >= 15 is 0 Å². The molecule has 0 fully saturated rings. The summed E-state index contributed by atoms with van der Waals surface area (Å²) in [5.41, 5.74) is 1.98. The zero-order valence-electron chi connectivity index (χ0n) is 18.2. The number of thioether (sulfide) groups is 1. The van der Waals surface area contributed by atoms with Crippen LogP contribution in [0.5, 0.6) is 11.5 Å². The van der Waals surface area contributed by atoms with Gasteiger partial charge in [0.05, 0.1) is 25.9 Å². The molecule has 2 aromatic rings. The number of fused-ring (bicyclic) bond motifs is 1. The minimum absolute atomic E-state index is 0.0106. The van der Waals surface area contributed by atoms with Gasteiger partial charge in [0.25, 0.3) is 0 Å². The van der Waals surface area contributed by atoms with Crippen molar-refractivity contribution in [1.29, 1.82) is 0 Å². The molecule has 1 aliphatic heterocycles. The van der Waals surface area contributed by atoms with E-state index in [9.17, 15) is 4.79 Å². The molecular weight excluding hydrogens is 404 g/mol. The highest BCUT2D eigenvalue weighted by Crippen LogP contribution is 2.39. The number of benzene rings is 1. The lowest BCUT2D eigenvalue weighted by Crippen LogP contribution is -2.29. The monoisotopic (exact) mass is 432 g/mol. The summed E-state index contributed by atoms with van der Waals surface area (Å²) < 4.78 is 18.2. The van der Waals surface area contributed by atoms with Crippen LogP contribution in [0.15, 0.2) is 34.6 Å². The third-order valence-electron chi connectivity index (χ3n) is 4.54. The minimum atomic E-state index is -0.501. The number of rotatable bonds is 8. The number of anilines is 1. The quantitative estimate of drug-likeness (QED) is 0.494. The molecule has 0 saturated carbocycles. The van der Waals surface area contributed by atoms with Gasteiger partial charge in [-0.1, -0.05) is 24.8 Å². The van der Waals surface area contributed by atoms with Crippen LogP contribution < -0.4 is 14.8 Å². The molecule has 1 N–H and O–H groups in total. The SMILES string of the molecule is CCCSc1nc2n(n1)C(c1ccc(OC(C)C)c(OC)c1)C(C(=O)OC)=C(C)N2. The Kier molecular flexibility index (Phi) is 6.91. The Bertz CT molecular complexity index is 954. The van der Waals surface area contributed by atoms with E-state index in [0.717, 1.165) is 17.7 Å². The number of nitrogens with zero attached hydrogens (tertiary/aromatic N) is 3. The van der Waals surface area contributed by atoms with Crippen LogP contribution in [0.2, 0.25) is 0 Å². The number of nitrogens with one attached hydrogen (secondary N) is 1. The number of hydrogen-bond donors (Lipinski definition) is 1. The second-order valence-corrected chi connectivity index (χ2v) is 8.21. The summed E-state index contributed by atoms with van der Waals surface area (Å²) in [6, 6.07) is 5.13. The Morgan fingerprint density at radius 1 is 1.30 bits per heavy atom. The number of methoxy groups -OCH3 is 2. The topological polar surface area (TPSA) is 87.5 Å². The molecule has 162 valence electrons. The zero-order valence-corrected chi connectivity index (χ0v) is 19.0. The molecule has 3 rings (SSSR count). The average Bonchev–Trinajstić information content (AvgIpc) is 3.12. The lowest BCUT2D eigenvalue weighted by molar-refractivity contribution is -0.136. The fourth-order valence-electron chi connectivity index (χ4n) is 3.27. The number of aromatic nitrogens is 3. The lowest BCUT2D eigenvalue weighted by Gasteiger charge is -2.28. The lowest BCUT2D eigenvalue weighted by atomic mass is 9.95. The second-order valence-electron chi connectivity index (χ2n) is 7.15. The van der Waals surface area contributed by atoms with E-state index in [2.05, 4.69) is 22.3 Å². The summed E-state index contributed by atoms with van der Waals surface area (Å²) >= 11 is 1.58. The number of hydrogen-bond acceptors (Lipinski definition) is 8. The van der Waals surface area contributed by atoms with Gasteiger partial charge in [-0.2, -0.15) is 4.98 Å². The molecule has 30 heavy (non-hydrogen) atoms. The van der Waals surface area contributed by atoms with Crippen molar-refractivity contribution in [1.82, 2.24) is 14.8 Å². The smallest absolute Gasteiger partial charge is 0.338 e. The van der Waals surface area contributed by atoms with Crippen LogP contribution in [-0.2, 0) is 9.53 Å². The first-order valence-corrected chi connectivity index (χ1v) is 10.9. The molecule has 0 saturated heterocycles. The van der Waals surface area contributed by atoms with Crippen LogP contribution in [0.3, 0.4) is 0 Å². The van der Waals surface area contributed by atoms with Crippen LogP contribution in [0.25, 0.3) is 0 Å². The van der Waals surface area contributed by atoms with Gasteiger partial charge < -0.3 is 19.5 Å². The fraction of sp³-hybridized carbons (Fsp3) is 0.476. The third-order valence-corrected chi connectivity index (χ3v) is 5.58. The molecule has 1 aliphatic rings. The number of ether oxygens (including phenoxy) is 3. The molecule has 9 heteroatoms. The largest absolute Gasteiger partial charge is 0.493 e. The van der Waals surface area contributed by atoms with E-state index in [1.54, 1.807) is 23.6 Å². The predicted octanol–water partition coefficient (Wildman–Crippen LogP) is 4.04. The molecule has 1 aromatic carbocycles. The van der Waals surface area contributed by atoms with E-state index in [1.807, 2.05) is 39.0 Å². The Morgan fingerprint density at radius 3 is 2.70 bits per heavy atom. The normalized spacial score (nSPS) is 15.6. The van der Waals surface area contributed by atoms with Crippen molar-refractivity contribution in [2.45, 2.75) is 51.4 Å². The van der Waals surface area contributed by atoms with E-state index in [0.29, 0.717) is 33.9 Å². The molecular formula is C21H28N4O4S. The van der Waals surface area contributed by atoms with Crippen molar-refractivity contribution in [2.75, 3.05) is 25.3 Å². The summed E-state index contributed by atoms with van der Waals surface area (Å²) in [7, 11) is 2.97. The summed E-state index contributed by atoms with van der Waals surface area (Å²) in [5, 5.41) is 8.51. The van der Waals surface area contributed by atoms with Gasteiger partial charge in [-0.3, -0.25) is 0 Å². The first-order valence-electron chi connectivity index (χ1n) is 9.89. The summed E-state index contributed by atoms with van der Waals surface area (Å²) in [5.74, 6) is 2.31. The number of esters is 1. The van der Waals surface area contributed by atoms with Gasteiger partial charge in [0.1, 0.15) is 6.04 Å². The summed E-state index contributed by atoms with van der Waals surface area (Å²) in [6.45, 7) is 7.86. The van der Waals surface area contributed by atoms with E-state index in [-0.39, 0.29) is 6.10 Å². The van der Waals surface area contributed by atoms with Crippen molar-refractivity contribution >= 4 is 23.7 Å². The van der Waals surface area contributed by atoms with Gasteiger partial charge >= 0.3 is 5.97 Å². The van der Waals surface area contributed by atoms with Crippen LogP contribution >= 0.6 is 11.8 Å². The maximum atomic E-state index is 12.7. The highest BCUT2D eigenvalue weighted by Gasteiger charge is 2.35. The Morgan fingerprint density at radius 2 is 2.07 bits per heavy atom. The van der Waals surface area contributed by atoms with Crippen molar-refractivity contribution in [3.8, 4) is 11.5 Å². The Hall–Kier alpha value is -2.68. The maximum Gasteiger partial charge on any atom is 0.338 e. The third kappa shape index (κ3) is 4.40. The fourth-order valence-corrected chi connectivity index (χ4v) is 3.96. The standard InChI is InChI=1S/C21H28N4O4S/c1-7-10-30-21-23-20-22-13(4)17(19(26)28-6)18(25(20)24-21)14-8-9-15(29-12(2)3)16(11-14)27-5/h8-9,11-12,18H,7,10H2,1-6H3,(H,22,23,24). The molecule has 0 bridgehead atoms. The van der Waals surface area contributed by atoms with Crippen LogP contribution in [0.4, 0.5) is 5.95 Å². The summed E-state index contributed by atoms with van der Waals surface area (Å²) in [4.78, 5) is 17.3. The highest BCUT2D eigenvalue weighted by molar-refractivity contribution is 7.99. The van der Waals surface area contributed by atoms with Gasteiger partial charge in [-0.05, 0) is 44.9 Å². The van der Waals surface area contributed by atoms with Crippen molar-refractivity contribution in [2.24, 2.45) is 0 Å². The van der Waals surface area contributed by atoms with Crippen LogP contribution in [0, 0.1) is 0 Å². The molecule has 0 amide bonds. The molecule has 0 spiro atoms. The van der Waals surface area contributed by atoms with Crippen LogP contribution in [0.1, 0.15) is 45.7 Å². The predicted molar refractivity (Wildman–Crippen MR) is 116 cm³/mol. The molecule has 1 aromatic heterocycles. The molecule has 1 unspecified atom stereocenters. The first kappa shape index (κ1) is 22.0. The Balaban J connectivity index is 2.11. The van der Waals surface area contributed by atoms with E-state index in [1.165, 1.54) is 7.11 Å². The van der Waals surface area contributed by atoms with E-state index < -0.39 is 12.0 Å². The van der Waals surface area contributed by atoms with Crippen molar-refractivity contribution < 1.29 is 19.0 Å². The average molecular weight is 433 g/mol. The first-order chi connectivity index (χ1) is 14.4. The van der Waals surface area contributed by atoms with Crippen LogP contribution in [-0.4, -0.2) is 46.8 Å². The minimum Gasteiger partial charge on any atom is -0.493 e. The van der Waals surface area contributed by atoms with Gasteiger partial charge in [-0.15, -0.1) is 5.10 Å². The van der Waals surface area contributed by atoms with Gasteiger partial charge in [-0.25, -0.2) is 9.48 Å². The van der Waals surface area contributed by atoms with E-state index in [4.69, 9.17) is 14.2 Å². The second kappa shape index (κ2) is 9.42. The highest BCUT2D eigenvalue weighted by atomic mass is 32.2. The zero-order chi connectivity index (χ0) is 21.8. The van der Waals surface area contributed by atoms with Crippen molar-refractivity contribution in [3.05, 3.63) is 35.0 Å². The molecule has 8 nitrogen and oxygen atoms in total. The maximum absolute atomic E-state index is 12.7. The van der Waals surface area contributed by atoms with Gasteiger partial charge in [0.2, 0.25) is 11.1 Å². The van der Waals surface area contributed by atoms with Crippen molar-refractivity contribution in [3.63, 3.8) is 0 Å². The number of carbonyl (C=O) groups is 1. The molecule has 1 atom stereocenters. The number of allylic oxidation sites excluding steroid dienone is 1. The number of carbonyl (C=O) groups excluding carboxylic acids is 1. The van der Waals surface area contributed by atoms with Gasteiger partial charge in [0, 0.05) is 11.4 Å².